The highest BCUT2D eigenvalue weighted by molar-refractivity contribution is 7.86. The lowest BCUT2D eigenvalue weighted by atomic mass is 9.78. The second-order valence-corrected chi connectivity index (χ2v) is 18.7. The lowest BCUT2D eigenvalue weighted by Gasteiger charge is -2.30. The van der Waals surface area contributed by atoms with Crippen LogP contribution in [0.4, 0.5) is 11.4 Å². The van der Waals surface area contributed by atoms with Crippen molar-refractivity contribution in [2.24, 2.45) is 0 Å². The first kappa shape index (κ1) is 63.2. The Balaban J connectivity index is 1.51. The number of benzene rings is 2. The van der Waals surface area contributed by atoms with Crippen molar-refractivity contribution < 1.29 is 149 Å². The van der Waals surface area contributed by atoms with Gasteiger partial charge < -0.3 is 38.7 Å². The number of carbonyl (C=O) groups is 1. The third kappa shape index (κ3) is 20.5. The summed E-state index contributed by atoms with van der Waals surface area (Å²) in [5.41, 5.74) is 1.88. The minimum absolute atomic E-state index is 0.0182. The maximum Gasteiger partial charge on any atom is 0.303 e. The van der Waals surface area contributed by atoms with Gasteiger partial charge in [-0.05, 0) is 112 Å². The van der Waals surface area contributed by atoms with E-state index in [-0.39, 0.29) is 68.8 Å². The van der Waals surface area contributed by atoms with Gasteiger partial charge >= 0.3 is 5.97 Å². The fourth-order valence-corrected chi connectivity index (χ4v) is 8.50. The van der Waals surface area contributed by atoms with Gasteiger partial charge in [-0.3, -0.25) is 13.9 Å². The summed E-state index contributed by atoms with van der Waals surface area (Å²) in [6.07, 6.45) is 11.3. The molecular formula is C42H57N2O30S2+. The summed E-state index contributed by atoms with van der Waals surface area (Å²) in [7, 11) is -6.52. The second kappa shape index (κ2) is 33.0. The summed E-state index contributed by atoms with van der Waals surface area (Å²) in [5, 5.41) is 65.6. The lowest BCUT2D eigenvalue weighted by Crippen LogP contribution is -2.31. The van der Waals surface area contributed by atoms with Crippen molar-refractivity contribution in [1.82, 2.24) is 0 Å². The molecule has 1 unspecified atom stereocenters. The summed E-state index contributed by atoms with van der Waals surface area (Å²) in [5.74, 6) is -0.929. The predicted octanol–water partition coefficient (Wildman–Crippen LogP) is 5.02. The van der Waals surface area contributed by atoms with Gasteiger partial charge in [0.05, 0.1) is 42.6 Å². The Bertz CT molecular complexity index is 2490. The zero-order valence-corrected chi connectivity index (χ0v) is 42.9. The van der Waals surface area contributed by atoms with E-state index in [0.29, 0.717) is 59.7 Å². The molecule has 2 aromatic carbocycles. The van der Waals surface area contributed by atoms with Gasteiger partial charge in [-0.1, -0.05) is 12.5 Å². The van der Waals surface area contributed by atoms with E-state index >= 15 is 0 Å². The summed E-state index contributed by atoms with van der Waals surface area (Å²) in [4.78, 5) is 30.8. The molecule has 2 heterocycles. The van der Waals surface area contributed by atoms with Crippen molar-refractivity contribution in [2.75, 3.05) is 71.9 Å². The third-order valence-electron chi connectivity index (χ3n) is 10.8. The number of fused-ring (bicyclic) bond motifs is 2. The van der Waals surface area contributed by atoms with Crippen LogP contribution < -0.4 is 4.90 Å². The van der Waals surface area contributed by atoms with Gasteiger partial charge in [0.1, 0.15) is 32.3 Å². The number of anilines is 1. The Morgan fingerprint density at radius 3 is 1.71 bits per heavy atom. The van der Waals surface area contributed by atoms with Gasteiger partial charge in [0, 0.05) is 94.4 Å². The number of hydrogen-bond acceptors (Lipinski definition) is 28. The number of allylic oxidation sites excluding steroid dienone is 4. The van der Waals surface area contributed by atoms with Crippen molar-refractivity contribution in [2.45, 2.75) is 73.5 Å². The molecule has 0 bridgehead atoms. The Morgan fingerprint density at radius 1 is 0.632 bits per heavy atom. The first-order valence-electron chi connectivity index (χ1n) is 22.1. The van der Waals surface area contributed by atoms with Crippen LogP contribution in [-0.2, 0) is 145 Å². The molecule has 0 aromatic heterocycles. The molecular weight excluding hydrogens is 1080 g/mol. The molecule has 34 heteroatoms. The minimum atomic E-state index is -4.66. The first-order valence-corrected chi connectivity index (χ1v) is 25.0. The van der Waals surface area contributed by atoms with Crippen molar-refractivity contribution in [3.05, 3.63) is 96.5 Å². The van der Waals surface area contributed by atoms with E-state index < -0.39 is 37.0 Å². The Morgan fingerprint density at radius 2 is 1.16 bits per heavy atom. The quantitative estimate of drug-likeness (QED) is 0.0196. The van der Waals surface area contributed by atoms with Crippen molar-refractivity contribution in [3.8, 4) is 0 Å². The molecule has 32 nitrogen and oxygen atoms in total. The van der Waals surface area contributed by atoms with Crippen LogP contribution in [0.2, 0.25) is 0 Å². The van der Waals surface area contributed by atoms with E-state index in [2.05, 4.69) is 89.8 Å². The maximum absolute atomic E-state index is 12.5. The smallest absolute Gasteiger partial charge is 0.303 e. The number of carboxylic acid groups (broad SMARTS) is 1. The van der Waals surface area contributed by atoms with Crippen LogP contribution in [0.1, 0.15) is 64.0 Å². The van der Waals surface area contributed by atoms with Crippen molar-refractivity contribution >= 4 is 43.3 Å². The van der Waals surface area contributed by atoms with E-state index in [4.69, 9.17) is 19.2 Å². The minimum Gasteiger partial charge on any atom is -0.501 e. The molecule has 0 aliphatic carbocycles. The average molecular weight is 1130 g/mol. The Kier molecular flexibility index (Phi) is 27.5. The largest absolute Gasteiger partial charge is 0.501 e. The number of carboxylic acids is 1. The number of hydrogen-bond donors (Lipinski definition) is 3. The predicted molar refractivity (Wildman–Crippen MR) is 241 cm³/mol. The highest BCUT2D eigenvalue weighted by Crippen LogP contribution is 2.51. The normalized spacial score (nSPS) is 16.9. The summed E-state index contributed by atoms with van der Waals surface area (Å²) in [6.45, 7) is 5.97. The average Bonchev–Trinajstić information content (AvgIpc) is 3.74. The van der Waals surface area contributed by atoms with Crippen LogP contribution in [0.15, 0.2) is 95.2 Å². The van der Waals surface area contributed by atoms with Gasteiger partial charge in [0.25, 0.3) is 20.2 Å². The molecule has 0 spiro atoms. The topological polar surface area (TPSA) is 355 Å². The van der Waals surface area contributed by atoms with Crippen LogP contribution in [-0.4, -0.2) is 114 Å². The lowest BCUT2D eigenvalue weighted by molar-refractivity contribution is -0.829. The first-order chi connectivity index (χ1) is 36.5. The summed E-state index contributed by atoms with van der Waals surface area (Å²) < 4.78 is 92.3. The monoisotopic (exact) mass is 1130 g/mol. The number of rotatable bonds is 42. The molecule has 2 aliphatic rings. The molecule has 0 amide bonds. The third-order valence-corrected chi connectivity index (χ3v) is 12.5. The van der Waals surface area contributed by atoms with E-state index in [0.717, 1.165) is 25.0 Å². The van der Waals surface area contributed by atoms with Gasteiger partial charge in [0.2, 0.25) is 5.69 Å². The standard InChI is InChI=1S/C42H56N2O30S2/c1-41(2)34-30-32(75(47,48)49)13-15-36(34)44(19-21-56-25-29-60-64-68-72-74-70-66-62-58-27-23-54-5)38(41)10-9-11-39-42(3,17-20-55-24-28-59-63-67-71-73-69-65-61-57-26-22-53-4)35-31-33(76(50,51)52)14-16-37(35)43(39)18-8-6-7-12-40(45)46/h9-11,13-16,22-23,26-27,30-31H,6-8,12,17-21,24-25,28-29H2,1-5H3,(H2-,45,46,47,48,49,50,51,52)/p+1/b26-22-,27-23-. The zero-order valence-electron chi connectivity index (χ0n) is 41.3. The maximum atomic E-state index is 12.5. The molecule has 0 saturated heterocycles. The van der Waals surface area contributed by atoms with E-state index in [1.54, 1.807) is 18.2 Å². The molecule has 3 N–H and O–H groups in total. The SMILES string of the molecule is CO/C=C\OOOOOOOOOCCOCC[N+]1=C(C=CC=C2N(CCCCCC(=O)O)c3ccc(S(=O)(=O)O)cc3C2(C)CCOCCOOOOOOOOO/C=C\OC)C(C)(C)c2cc(S(=O)(=O)O)ccc21. The van der Waals surface area contributed by atoms with Gasteiger partial charge in [-0.25, -0.2) is 9.78 Å². The fraction of sp³-hybridized carbons (Fsp3) is 0.476. The highest BCUT2D eigenvalue weighted by atomic mass is 32.2. The van der Waals surface area contributed by atoms with E-state index in [1.807, 2.05) is 42.4 Å². The molecule has 0 saturated carbocycles. The van der Waals surface area contributed by atoms with E-state index in [9.17, 15) is 35.8 Å². The number of unbranched alkanes of at least 4 members (excludes halogenated alkanes) is 2. The highest BCUT2D eigenvalue weighted by Gasteiger charge is 2.46. The Hall–Kier alpha value is -5.36. The molecule has 2 aromatic rings. The van der Waals surface area contributed by atoms with Gasteiger partial charge in [0.15, 0.2) is 24.8 Å². The number of ether oxygens (including phenoxy) is 4. The van der Waals surface area contributed by atoms with Crippen LogP contribution >= 0.6 is 0 Å². The van der Waals surface area contributed by atoms with Crippen molar-refractivity contribution in [1.29, 1.82) is 0 Å². The molecule has 1 atom stereocenters. The molecule has 0 radical (unpaired) electrons. The van der Waals surface area contributed by atoms with E-state index in [1.165, 1.54) is 38.5 Å². The number of methoxy groups -OCH3 is 2. The number of aliphatic carboxylic acids is 1. The molecule has 0 fully saturated rings. The van der Waals surface area contributed by atoms with Crippen LogP contribution in [0.25, 0.3) is 0 Å². The second-order valence-electron chi connectivity index (χ2n) is 15.8. The molecule has 2 aliphatic heterocycles. The molecule has 76 heavy (non-hydrogen) atoms. The van der Waals surface area contributed by atoms with Crippen LogP contribution in [0.3, 0.4) is 0 Å². The van der Waals surface area contributed by atoms with Gasteiger partial charge in [-0.2, -0.15) is 21.4 Å². The molecule has 4 rings (SSSR count). The zero-order chi connectivity index (χ0) is 55.3. The van der Waals surface area contributed by atoms with Crippen molar-refractivity contribution in [3.63, 3.8) is 0 Å². The summed E-state index contributed by atoms with van der Waals surface area (Å²) >= 11 is 0. The van der Waals surface area contributed by atoms with Crippen LogP contribution in [0, 0.1) is 0 Å². The van der Waals surface area contributed by atoms with Crippen LogP contribution in [0.5, 0.6) is 0 Å². The Labute approximate surface area is 433 Å². The number of nitrogens with zero attached hydrogens (tertiary/aromatic N) is 2. The summed E-state index contributed by atoms with van der Waals surface area (Å²) in [6, 6.07) is 8.52. The van der Waals surface area contributed by atoms with Gasteiger partial charge in [-0.15, -0.1) is 0 Å². The fourth-order valence-electron chi connectivity index (χ4n) is 7.48. The molecule has 426 valence electrons.